The van der Waals surface area contributed by atoms with Crippen LogP contribution in [0.15, 0.2) is 261 Å². The number of para-hydroxylation sites is 1. The van der Waals surface area contributed by atoms with Gasteiger partial charge in [-0.1, -0.05) is 254 Å². The molecule has 2 heteroatoms. The number of ether oxygens (including phenoxy) is 1. The molecule has 3 aliphatic rings. The second-order valence-corrected chi connectivity index (χ2v) is 23.6. The molecule has 11 aromatic carbocycles. The fourth-order valence-electron chi connectivity index (χ4n) is 13.5. The molecular formula is C76H61NO. The molecule has 0 N–H and O–H groups in total. The first kappa shape index (κ1) is 47.5. The van der Waals surface area contributed by atoms with Crippen LogP contribution in [-0.4, -0.2) is 0 Å². The Balaban J connectivity index is 1.09. The summed E-state index contributed by atoms with van der Waals surface area (Å²) in [6, 6.07) is 97.7. The van der Waals surface area contributed by atoms with Gasteiger partial charge in [-0.25, -0.2) is 0 Å². The Morgan fingerprint density at radius 3 is 1.37 bits per heavy atom. The molecular weight excluding hydrogens is 943 g/mol. The van der Waals surface area contributed by atoms with Gasteiger partial charge in [-0.15, -0.1) is 0 Å². The molecule has 14 rings (SSSR count). The van der Waals surface area contributed by atoms with E-state index >= 15 is 0 Å². The van der Waals surface area contributed by atoms with Gasteiger partial charge in [0.2, 0.25) is 0 Å². The molecule has 1 aliphatic heterocycles. The van der Waals surface area contributed by atoms with E-state index in [1.165, 1.54) is 89.0 Å². The maximum absolute atomic E-state index is 7.10. The van der Waals surface area contributed by atoms with Crippen LogP contribution in [0.25, 0.3) is 44.5 Å². The standard InChI is InChI=1S/C76H61NO/c1-73(2,3)55-41-45-70-66(47-55)76(67-48-56(74(4,5)6)42-46-71(67)78-70)63-33-20-17-31-61(63)72-64(76)34-22-36-69(72)77(68-35-21-18-29-58(68)52-39-37-51(38-40-52)50-23-10-7-11-24-50)57-43-44-60-59-30-16-19-32-62(59)75(65(60)49-57,53-25-12-8-13-26-53)54-27-14-9-15-28-54/h7-49H,1-6H3. The van der Waals surface area contributed by atoms with Crippen molar-refractivity contribution in [2.75, 3.05) is 4.90 Å². The molecule has 0 saturated carbocycles. The lowest BCUT2D eigenvalue weighted by atomic mass is 9.64. The second-order valence-electron chi connectivity index (χ2n) is 23.6. The third kappa shape index (κ3) is 7.09. The van der Waals surface area contributed by atoms with Crippen LogP contribution >= 0.6 is 0 Å². The molecule has 0 fully saturated rings. The highest BCUT2D eigenvalue weighted by Gasteiger charge is 2.53. The topological polar surface area (TPSA) is 12.5 Å². The van der Waals surface area contributed by atoms with Gasteiger partial charge in [-0.05, 0) is 137 Å². The van der Waals surface area contributed by atoms with Crippen molar-refractivity contribution in [3.05, 3.63) is 316 Å². The monoisotopic (exact) mass is 1000 g/mol. The quantitative estimate of drug-likeness (QED) is 0.158. The summed E-state index contributed by atoms with van der Waals surface area (Å²) in [4.78, 5) is 2.58. The Bertz CT molecular complexity index is 4020. The van der Waals surface area contributed by atoms with Crippen LogP contribution < -0.4 is 9.64 Å². The highest BCUT2D eigenvalue weighted by molar-refractivity contribution is 6.01. The van der Waals surface area contributed by atoms with Gasteiger partial charge >= 0.3 is 0 Å². The molecule has 0 radical (unpaired) electrons. The first-order valence-corrected chi connectivity index (χ1v) is 27.6. The van der Waals surface area contributed by atoms with E-state index in [1.54, 1.807) is 0 Å². The zero-order chi connectivity index (χ0) is 53.0. The minimum Gasteiger partial charge on any atom is -0.457 e. The number of nitrogens with zero attached hydrogens (tertiary/aromatic N) is 1. The highest BCUT2D eigenvalue weighted by Crippen LogP contribution is 2.66. The van der Waals surface area contributed by atoms with Gasteiger partial charge in [0.05, 0.1) is 22.2 Å². The Hall–Kier alpha value is -8.98. The minimum atomic E-state index is -0.707. The van der Waals surface area contributed by atoms with E-state index in [9.17, 15) is 0 Å². The van der Waals surface area contributed by atoms with E-state index < -0.39 is 10.8 Å². The largest absolute Gasteiger partial charge is 0.457 e. The molecule has 0 amide bonds. The molecule has 0 unspecified atom stereocenters. The first-order valence-electron chi connectivity index (χ1n) is 27.6. The highest BCUT2D eigenvalue weighted by atomic mass is 16.5. The van der Waals surface area contributed by atoms with Crippen LogP contribution in [0.3, 0.4) is 0 Å². The number of hydrogen-bond donors (Lipinski definition) is 0. The third-order valence-corrected chi connectivity index (χ3v) is 17.2. The van der Waals surface area contributed by atoms with Crippen LogP contribution in [0.4, 0.5) is 17.1 Å². The molecule has 0 atom stereocenters. The maximum atomic E-state index is 7.10. The summed E-state index contributed by atoms with van der Waals surface area (Å²) in [6.07, 6.45) is 0. The van der Waals surface area contributed by atoms with E-state index in [0.29, 0.717) is 0 Å². The Morgan fingerprint density at radius 1 is 0.308 bits per heavy atom. The normalized spacial score (nSPS) is 14.1. The van der Waals surface area contributed by atoms with Crippen molar-refractivity contribution < 1.29 is 4.74 Å². The van der Waals surface area contributed by atoms with E-state index in [0.717, 1.165) is 39.7 Å². The van der Waals surface area contributed by atoms with E-state index in [1.807, 2.05) is 0 Å². The van der Waals surface area contributed by atoms with Crippen LogP contribution in [0.2, 0.25) is 0 Å². The Labute approximate surface area is 460 Å². The molecule has 1 spiro atoms. The smallest absolute Gasteiger partial charge is 0.132 e. The van der Waals surface area contributed by atoms with Crippen molar-refractivity contribution in [3.8, 4) is 56.0 Å². The van der Waals surface area contributed by atoms with Crippen LogP contribution in [0.5, 0.6) is 11.5 Å². The third-order valence-electron chi connectivity index (χ3n) is 17.2. The average Bonchev–Trinajstić information content (AvgIpc) is 4.17. The molecule has 78 heavy (non-hydrogen) atoms. The van der Waals surface area contributed by atoms with E-state index in [-0.39, 0.29) is 10.8 Å². The summed E-state index contributed by atoms with van der Waals surface area (Å²) in [5.41, 5.74) is 23.8. The van der Waals surface area contributed by atoms with Crippen LogP contribution in [-0.2, 0) is 21.7 Å². The van der Waals surface area contributed by atoms with Crippen molar-refractivity contribution in [2.45, 2.75) is 63.2 Å². The maximum Gasteiger partial charge on any atom is 0.132 e. The minimum absolute atomic E-state index is 0.103. The Morgan fingerprint density at radius 2 is 0.769 bits per heavy atom. The van der Waals surface area contributed by atoms with Crippen molar-refractivity contribution >= 4 is 17.1 Å². The number of rotatable bonds is 7. The summed E-state index contributed by atoms with van der Waals surface area (Å²) in [5.74, 6) is 1.79. The summed E-state index contributed by atoms with van der Waals surface area (Å²) in [7, 11) is 0. The van der Waals surface area contributed by atoms with Crippen molar-refractivity contribution in [2.24, 2.45) is 0 Å². The number of anilines is 3. The van der Waals surface area contributed by atoms with E-state index in [2.05, 4.69) is 307 Å². The molecule has 0 saturated heterocycles. The second kappa shape index (κ2) is 17.8. The lowest BCUT2D eigenvalue weighted by Crippen LogP contribution is -2.33. The average molecular weight is 1000 g/mol. The zero-order valence-corrected chi connectivity index (χ0v) is 45.2. The number of benzene rings is 11. The summed E-state index contributed by atoms with van der Waals surface area (Å²) < 4.78 is 7.10. The first-order chi connectivity index (χ1) is 38.0. The van der Waals surface area contributed by atoms with Crippen molar-refractivity contribution in [1.29, 1.82) is 0 Å². The van der Waals surface area contributed by atoms with Gasteiger partial charge in [0.15, 0.2) is 0 Å². The van der Waals surface area contributed by atoms with Crippen molar-refractivity contribution in [1.82, 2.24) is 0 Å². The molecule has 0 aromatic heterocycles. The van der Waals surface area contributed by atoms with Gasteiger partial charge in [-0.2, -0.15) is 0 Å². The van der Waals surface area contributed by atoms with Gasteiger partial charge in [0.25, 0.3) is 0 Å². The summed E-state index contributed by atoms with van der Waals surface area (Å²) in [6.45, 7) is 13.9. The van der Waals surface area contributed by atoms with Gasteiger partial charge < -0.3 is 9.64 Å². The molecule has 376 valence electrons. The lowest BCUT2D eigenvalue weighted by Gasteiger charge is -2.41. The van der Waals surface area contributed by atoms with Crippen LogP contribution in [0, 0.1) is 0 Å². The van der Waals surface area contributed by atoms with Gasteiger partial charge in [0, 0.05) is 27.9 Å². The molecule has 0 bridgehead atoms. The fourth-order valence-corrected chi connectivity index (χ4v) is 13.5. The van der Waals surface area contributed by atoms with Crippen LogP contribution in [0.1, 0.15) is 97.2 Å². The number of fused-ring (bicyclic) bond motifs is 12. The molecule has 2 nitrogen and oxygen atoms in total. The summed E-state index contributed by atoms with van der Waals surface area (Å²) in [5, 5.41) is 0. The molecule has 2 aliphatic carbocycles. The lowest BCUT2D eigenvalue weighted by molar-refractivity contribution is 0.433. The zero-order valence-electron chi connectivity index (χ0n) is 45.2. The molecule has 1 heterocycles. The SMILES string of the molecule is CC(C)(C)c1ccc2c(c1)C1(c3cc(C(C)(C)C)ccc3O2)c2ccccc2-c2c(N(c3ccc4c(c3)C(c3ccccc3)(c3ccccc3)c3ccccc3-4)c3ccccc3-c3ccc(-c4ccccc4)cc3)cccc21. The van der Waals surface area contributed by atoms with Gasteiger partial charge in [-0.3, -0.25) is 0 Å². The van der Waals surface area contributed by atoms with Gasteiger partial charge in [0.1, 0.15) is 11.5 Å². The van der Waals surface area contributed by atoms with E-state index in [4.69, 9.17) is 4.74 Å². The molecule has 11 aromatic rings. The number of hydrogen-bond acceptors (Lipinski definition) is 2. The Kier molecular flexibility index (Phi) is 10.8. The summed E-state index contributed by atoms with van der Waals surface area (Å²) >= 11 is 0. The fraction of sp³-hybridized carbons (Fsp3) is 0.132. The van der Waals surface area contributed by atoms with Crippen molar-refractivity contribution in [3.63, 3.8) is 0 Å². The predicted molar refractivity (Wildman–Crippen MR) is 324 cm³/mol. The predicted octanol–water partition coefficient (Wildman–Crippen LogP) is 19.9.